The third-order valence-electron chi connectivity index (χ3n) is 5.57. The minimum Gasteiger partial charge on any atom is -0.373 e. The molecule has 172 valence electrons. The number of piperidine rings is 1. The lowest BCUT2D eigenvalue weighted by Gasteiger charge is -2.32. The number of hydrogen-bond donors (Lipinski definition) is 2. The number of nitrogens with one attached hydrogen (secondary N) is 2. The topological polar surface area (TPSA) is 92.3 Å². The highest BCUT2D eigenvalue weighted by Crippen LogP contribution is 2.26. The number of aromatic nitrogens is 3. The number of ether oxygens (including phenoxy) is 1. The van der Waals surface area contributed by atoms with Crippen LogP contribution in [0, 0.1) is 6.92 Å². The first-order valence-corrected chi connectivity index (χ1v) is 11.7. The fourth-order valence-electron chi connectivity index (χ4n) is 3.73. The fourth-order valence-corrected chi connectivity index (χ4v) is 4.00. The van der Waals surface area contributed by atoms with Gasteiger partial charge >= 0.3 is 0 Å². The van der Waals surface area contributed by atoms with Crippen LogP contribution in [0.25, 0.3) is 0 Å². The van der Waals surface area contributed by atoms with Crippen LogP contribution in [-0.2, 0) is 16.1 Å². The Labute approximate surface area is 201 Å². The molecule has 1 fully saturated rings. The van der Waals surface area contributed by atoms with Crippen LogP contribution >= 0.6 is 15.9 Å². The largest absolute Gasteiger partial charge is 0.373 e. The maximum absolute atomic E-state index is 11.4. The number of nitrogens with zero attached hydrogens (tertiary/aromatic N) is 4. The Morgan fingerprint density at radius 1 is 1.12 bits per heavy atom. The number of carbonyl (C=O) groups excluding carboxylic acids is 1. The lowest BCUT2D eigenvalue weighted by atomic mass is 10.1. The zero-order valence-electron chi connectivity index (χ0n) is 18.7. The number of carbonyl (C=O) groups is 1. The molecule has 0 spiro atoms. The van der Waals surface area contributed by atoms with Crippen molar-refractivity contribution in [3.8, 4) is 0 Å². The molecule has 0 radical (unpaired) electrons. The molecule has 0 bridgehead atoms. The summed E-state index contributed by atoms with van der Waals surface area (Å²) < 4.78 is 7.18. The average molecular weight is 511 g/mol. The van der Waals surface area contributed by atoms with Gasteiger partial charge < -0.3 is 20.3 Å². The molecular formula is C24H27BrN6O2. The number of hydrogen-bond acceptors (Lipinski definition) is 7. The molecule has 1 aliphatic rings. The minimum atomic E-state index is -0.109. The van der Waals surface area contributed by atoms with Gasteiger partial charge in [0.2, 0.25) is 17.8 Å². The van der Waals surface area contributed by atoms with Crippen molar-refractivity contribution in [3.63, 3.8) is 0 Å². The van der Waals surface area contributed by atoms with Gasteiger partial charge in [-0.15, -0.1) is 0 Å². The third-order valence-corrected chi connectivity index (χ3v) is 6.10. The van der Waals surface area contributed by atoms with E-state index in [1.54, 1.807) is 0 Å². The summed E-state index contributed by atoms with van der Waals surface area (Å²) in [5.74, 6) is 1.01. The number of halogens is 1. The van der Waals surface area contributed by atoms with Crippen LogP contribution in [0.1, 0.15) is 30.9 Å². The molecule has 1 aliphatic heterocycles. The summed E-state index contributed by atoms with van der Waals surface area (Å²) in [4.78, 5) is 26.8. The molecule has 8 nitrogen and oxygen atoms in total. The Morgan fingerprint density at radius 2 is 1.85 bits per heavy atom. The fraction of sp³-hybridized carbons (Fsp3) is 0.333. The van der Waals surface area contributed by atoms with Gasteiger partial charge in [-0.25, -0.2) is 9.97 Å². The van der Waals surface area contributed by atoms with Crippen molar-refractivity contribution in [2.45, 2.75) is 39.4 Å². The Morgan fingerprint density at radius 3 is 2.58 bits per heavy atom. The monoisotopic (exact) mass is 510 g/mol. The minimum absolute atomic E-state index is 0.109. The van der Waals surface area contributed by atoms with Crippen molar-refractivity contribution in [2.75, 3.05) is 28.6 Å². The molecule has 2 N–H and O–H groups in total. The quantitative estimate of drug-likeness (QED) is 0.470. The van der Waals surface area contributed by atoms with E-state index in [2.05, 4.69) is 58.5 Å². The second-order valence-corrected chi connectivity index (χ2v) is 8.93. The highest BCUT2D eigenvalue weighted by molar-refractivity contribution is 9.10. The third kappa shape index (κ3) is 6.27. The molecule has 0 atom stereocenters. The first-order chi connectivity index (χ1) is 16.0. The summed E-state index contributed by atoms with van der Waals surface area (Å²) in [5, 5.41) is 6.08. The van der Waals surface area contributed by atoms with Crippen LogP contribution in [0.2, 0.25) is 0 Å². The van der Waals surface area contributed by atoms with Crippen LogP contribution < -0.4 is 15.5 Å². The van der Waals surface area contributed by atoms with Crippen molar-refractivity contribution >= 4 is 45.1 Å². The predicted molar refractivity (Wildman–Crippen MR) is 133 cm³/mol. The van der Waals surface area contributed by atoms with E-state index in [1.165, 1.54) is 18.8 Å². The zero-order chi connectivity index (χ0) is 23.2. The molecule has 0 saturated carbocycles. The van der Waals surface area contributed by atoms with E-state index in [-0.39, 0.29) is 12.0 Å². The summed E-state index contributed by atoms with van der Waals surface area (Å²) in [5.41, 5.74) is 3.68. The molecule has 4 rings (SSSR count). The first kappa shape index (κ1) is 23.1. The Hall–Kier alpha value is -3.04. The van der Waals surface area contributed by atoms with Crippen LogP contribution in [0.5, 0.6) is 0 Å². The van der Waals surface area contributed by atoms with Crippen LogP contribution in [0.3, 0.4) is 0 Å². The Bertz CT molecular complexity index is 1100. The highest BCUT2D eigenvalue weighted by atomic mass is 79.9. The maximum atomic E-state index is 11.4. The van der Waals surface area contributed by atoms with E-state index in [1.807, 2.05) is 37.3 Å². The van der Waals surface area contributed by atoms with Crippen molar-refractivity contribution < 1.29 is 9.53 Å². The van der Waals surface area contributed by atoms with Crippen LogP contribution in [0.15, 0.2) is 53.3 Å². The zero-order valence-corrected chi connectivity index (χ0v) is 20.3. The average Bonchev–Trinajstić information content (AvgIpc) is 2.82. The van der Waals surface area contributed by atoms with E-state index in [9.17, 15) is 4.79 Å². The Balaban J connectivity index is 1.34. The van der Waals surface area contributed by atoms with E-state index in [0.29, 0.717) is 18.5 Å². The van der Waals surface area contributed by atoms with Crippen molar-refractivity contribution in [1.82, 2.24) is 15.0 Å². The second-order valence-electron chi connectivity index (χ2n) is 8.02. The van der Waals surface area contributed by atoms with Gasteiger partial charge in [0.05, 0.1) is 12.7 Å². The second kappa shape index (κ2) is 10.7. The van der Waals surface area contributed by atoms with Crippen LogP contribution in [0.4, 0.5) is 23.3 Å². The smallest absolute Gasteiger partial charge is 0.232 e. The molecule has 1 saturated heterocycles. The molecule has 1 amide bonds. The van der Waals surface area contributed by atoms with Crippen molar-refractivity contribution in [3.05, 3.63) is 64.4 Å². The lowest BCUT2D eigenvalue weighted by Crippen LogP contribution is -2.38. The summed E-state index contributed by atoms with van der Waals surface area (Å²) in [6.45, 7) is 5.70. The van der Waals surface area contributed by atoms with Gasteiger partial charge in [0, 0.05) is 35.9 Å². The van der Waals surface area contributed by atoms with Gasteiger partial charge in [-0.1, -0.05) is 34.1 Å². The van der Waals surface area contributed by atoms with Crippen molar-refractivity contribution in [1.29, 1.82) is 0 Å². The molecule has 33 heavy (non-hydrogen) atoms. The molecular weight excluding hydrogens is 484 g/mol. The van der Waals surface area contributed by atoms with Gasteiger partial charge in [-0.05, 0) is 55.2 Å². The highest BCUT2D eigenvalue weighted by Gasteiger charge is 2.22. The van der Waals surface area contributed by atoms with E-state index in [0.717, 1.165) is 47.3 Å². The SMILES string of the molecule is CC(=O)Nc1cccc(Nc2ncnc(N3CCC(OCc4ccc(Br)cc4)CC3)n2)c1C. The van der Waals surface area contributed by atoms with Gasteiger partial charge in [0.1, 0.15) is 6.33 Å². The number of benzene rings is 2. The number of anilines is 4. The molecule has 3 aromatic rings. The maximum Gasteiger partial charge on any atom is 0.232 e. The summed E-state index contributed by atoms with van der Waals surface area (Å²) in [7, 11) is 0. The lowest BCUT2D eigenvalue weighted by molar-refractivity contribution is -0.114. The predicted octanol–water partition coefficient (Wildman–Crippen LogP) is 4.83. The first-order valence-electron chi connectivity index (χ1n) is 10.9. The molecule has 1 aromatic heterocycles. The van der Waals surface area contributed by atoms with E-state index >= 15 is 0 Å². The summed E-state index contributed by atoms with van der Waals surface area (Å²) >= 11 is 3.46. The normalized spacial score (nSPS) is 14.2. The summed E-state index contributed by atoms with van der Waals surface area (Å²) in [6.07, 6.45) is 3.59. The van der Waals surface area contributed by atoms with Crippen molar-refractivity contribution in [2.24, 2.45) is 0 Å². The number of amides is 1. The van der Waals surface area contributed by atoms with Gasteiger partial charge in [0.15, 0.2) is 0 Å². The molecule has 2 aromatic carbocycles. The van der Waals surface area contributed by atoms with Gasteiger partial charge in [-0.2, -0.15) is 4.98 Å². The molecule has 0 aliphatic carbocycles. The number of rotatable bonds is 7. The Kier molecular flexibility index (Phi) is 7.51. The van der Waals surface area contributed by atoms with Gasteiger partial charge in [-0.3, -0.25) is 4.79 Å². The molecule has 2 heterocycles. The van der Waals surface area contributed by atoms with E-state index < -0.39 is 0 Å². The van der Waals surface area contributed by atoms with Crippen LogP contribution in [-0.4, -0.2) is 40.1 Å². The standard InChI is InChI=1S/C24H27BrN6O2/c1-16-21(28-17(2)32)4-3-5-22(16)29-23-26-15-27-24(30-23)31-12-10-20(11-13-31)33-14-18-6-8-19(25)9-7-18/h3-9,15,20H,10-14H2,1-2H3,(H,28,32)(H,26,27,29,30). The molecule has 0 unspecified atom stereocenters. The molecule has 9 heteroatoms. The van der Waals surface area contributed by atoms with E-state index in [4.69, 9.17) is 4.74 Å². The van der Waals surface area contributed by atoms with Gasteiger partial charge in [0.25, 0.3) is 0 Å². The summed E-state index contributed by atoms with van der Waals surface area (Å²) in [6, 6.07) is 13.9.